The molecule has 1 aromatic heterocycles. The Bertz CT molecular complexity index is 496. The molecule has 0 saturated heterocycles. The van der Waals surface area contributed by atoms with Crippen LogP contribution in [0.4, 0.5) is 0 Å². The van der Waals surface area contributed by atoms with Gasteiger partial charge in [0.05, 0.1) is 6.10 Å². The monoisotopic (exact) mass is 291 g/mol. The van der Waals surface area contributed by atoms with E-state index in [9.17, 15) is 5.11 Å². The zero-order valence-corrected chi connectivity index (χ0v) is 11.2. The van der Waals surface area contributed by atoms with Gasteiger partial charge in [0.15, 0.2) is 0 Å². The Balaban J connectivity index is 2.14. The van der Waals surface area contributed by atoms with Crippen LogP contribution in [0.3, 0.4) is 0 Å². The molecular weight excluding hydrogens is 278 g/mol. The van der Waals surface area contributed by atoms with Gasteiger partial charge in [0.1, 0.15) is 0 Å². The molecular formula is C14H14BrNO. The van der Waals surface area contributed by atoms with E-state index in [1.807, 2.05) is 43.3 Å². The molecule has 1 unspecified atom stereocenters. The second kappa shape index (κ2) is 5.43. The lowest BCUT2D eigenvalue weighted by Crippen LogP contribution is -2.03. The SMILES string of the molecule is Cc1ccc(C(O)Cc2ccccc2Br)cn1. The number of nitrogens with zero attached hydrogens (tertiary/aromatic N) is 1. The first-order valence-corrected chi connectivity index (χ1v) is 6.30. The summed E-state index contributed by atoms with van der Waals surface area (Å²) in [6, 6.07) is 11.8. The Hall–Kier alpha value is -1.19. The van der Waals surface area contributed by atoms with Crippen LogP contribution in [0.25, 0.3) is 0 Å². The van der Waals surface area contributed by atoms with E-state index in [1.54, 1.807) is 6.20 Å². The average Bonchev–Trinajstić information content (AvgIpc) is 2.33. The Morgan fingerprint density at radius 1 is 1.24 bits per heavy atom. The maximum Gasteiger partial charge on any atom is 0.0845 e. The molecule has 0 spiro atoms. The van der Waals surface area contributed by atoms with E-state index in [0.717, 1.165) is 21.3 Å². The van der Waals surface area contributed by atoms with Crippen LogP contribution in [0.2, 0.25) is 0 Å². The van der Waals surface area contributed by atoms with Crippen molar-refractivity contribution >= 4 is 15.9 Å². The van der Waals surface area contributed by atoms with Gasteiger partial charge in [-0.1, -0.05) is 40.2 Å². The molecule has 2 rings (SSSR count). The Kier molecular flexibility index (Phi) is 3.92. The second-order valence-corrected chi connectivity index (χ2v) is 4.90. The summed E-state index contributed by atoms with van der Waals surface area (Å²) >= 11 is 3.48. The minimum absolute atomic E-state index is 0.512. The summed E-state index contributed by atoms with van der Waals surface area (Å²) in [5, 5.41) is 10.1. The van der Waals surface area contributed by atoms with Crippen LogP contribution in [0.15, 0.2) is 47.1 Å². The molecule has 0 bridgehead atoms. The van der Waals surface area contributed by atoms with Gasteiger partial charge < -0.3 is 5.11 Å². The number of aliphatic hydroxyl groups is 1. The van der Waals surface area contributed by atoms with Crippen molar-refractivity contribution in [1.29, 1.82) is 0 Å². The van der Waals surface area contributed by atoms with Crippen molar-refractivity contribution < 1.29 is 5.11 Å². The summed E-state index contributed by atoms with van der Waals surface area (Å²) in [4.78, 5) is 4.19. The highest BCUT2D eigenvalue weighted by atomic mass is 79.9. The van der Waals surface area contributed by atoms with Gasteiger partial charge in [0.25, 0.3) is 0 Å². The van der Waals surface area contributed by atoms with Gasteiger partial charge in [-0.15, -0.1) is 0 Å². The first-order valence-electron chi connectivity index (χ1n) is 5.51. The Morgan fingerprint density at radius 3 is 2.65 bits per heavy atom. The molecule has 88 valence electrons. The standard InChI is InChI=1S/C14H14BrNO/c1-10-6-7-12(9-16-10)14(17)8-11-4-2-3-5-13(11)15/h2-7,9,14,17H,8H2,1H3. The lowest BCUT2D eigenvalue weighted by atomic mass is 10.0. The van der Waals surface area contributed by atoms with Crippen molar-refractivity contribution in [3.8, 4) is 0 Å². The van der Waals surface area contributed by atoms with Crippen LogP contribution in [0.1, 0.15) is 22.9 Å². The highest BCUT2D eigenvalue weighted by Crippen LogP contribution is 2.23. The molecule has 2 aromatic rings. The molecule has 0 aliphatic heterocycles. The molecule has 1 aromatic carbocycles. The highest BCUT2D eigenvalue weighted by molar-refractivity contribution is 9.10. The Morgan fingerprint density at radius 2 is 2.00 bits per heavy atom. The number of benzene rings is 1. The van der Waals surface area contributed by atoms with E-state index in [4.69, 9.17) is 0 Å². The average molecular weight is 292 g/mol. The molecule has 0 saturated carbocycles. The zero-order valence-electron chi connectivity index (χ0n) is 9.60. The van der Waals surface area contributed by atoms with Gasteiger partial charge in [0, 0.05) is 22.8 Å². The van der Waals surface area contributed by atoms with Crippen LogP contribution in [-0.2, 0) is 6.42 Å². The number of halogens is 1. The van der Waals surface area contributed by atoms with Crippen molar-refractivity contribution in [2.45, 2.75) is 19.4 Å². The lowest BCUT2D eigenvalue weighted by molar-refractivity contribution is 0.178. The number of aromatic nitrogens is 1. The maximum absolute atomic E-state index is 10.1. The predicted octanol–water partition coefficient (Wildman–Crippen LogP) is 3.43. The smallest absolute Gasteiger partial charge is 0.0845 e. The minimum Gasteiger partial charge on any atom is -0.388 e. The van der Waals surface area contributed by atoms with Crippen LogP contribution in [-0.4, -0.2) is 10.1 Å². The predicted molar refractivity (Wildman–Crippen MR) is 71.8 cm³/mol. The molecule has 0 amide bonds. The summed E-state index contributed by atoms with van der Waals surface area (Å²) in [6.07, 6.45) is 1.81. The van der Waals surface area contributed by atoms with Gasteiger partial charge in [-0.25, -0.2) is 0 Å². The van der Waals surface area contributed by atoms with E-state index in [1.165, 1.54) is 0 Å². The maximum atomic E-state index is 10.1. The molecule has 3 heteroatoms. The van der Waals surface area contributed by atoms with Crippen LogP contribution >= 0.6 is 15.9 Å². The van der Waals surface area contributed by atoms with Crippen molar-refractivity contribution in [1.82, 2.24) is 4.98 Å². The van der Waals surface area contributed by atoms with E-state index < -0.39 is 6.10 Å². The van der Waals surface area contributed by atoms with Gasteiger partial charge in [-0.05, 0) is 30.2 Å². The van der Waals surface area contributed by atoms with Crippen molar-refractivity contribution in [3.63, 3.8) is 0 Å². The highest BCUT2D eigenvalue weighted by Gasteiger charge is 2.10. The van der Waals surface area contributed by atoms with Crippen molar-refractivity contribution in [2.24, 2.45) is 0 Å². The number of hydrogen-bond donors (Lipinski definition) is 1. The molecule has 17 heavy (non-hydrogen) atoms. The summed E-state index contributed by atoms with van der Waals surface area (Å²) in [5.74, 6) is 0. The first kappa shape index (κ1) is 12.3. The molecule has 0 aliphatic rings. The fourth-order valence-corrected chi connectivity index (χ4v) is 2.11. The quantitative estimate of drug-likeness (QED) is 0.940. The van der Waals surface area contributed by atoms with Crippen molar-refractivity contribution in [2.75, 3.05) is 0 Å². The van der Waals surface area contributed by atoms with Crippen molar-refractivity contribution in [3.05, 3.63) is 63.9 Å². The zero-order chi connectivity index (χ0) is 12.3. The molecule has 2 nitrogen and oxygen atoms in total. The normalized spacial score (nSPS) is 12.4. The van der Waals surface area contributed by atoms with Crippen LogP contribution < -0.4 is 0 Å². The van der Waals surface area contributed by atoms with E-state index in [-0.39, 0.29) is 0 Å². The summed E-state index contributed by atoms with van der Waals surface area (Å²) in [6.45, 7) is 1.93. The summed E-state index contributed by atoms with van der Waals surface area (Å²) < 4.78 is 1.03. The topological polar surface area (TPSA) is 33.1 Å². The second-order valence-electron chi connectivity index (χ2n) is 4.04. The van der Waals surface area contributed by atoms with Gasteiger partial charge in [-0.2, -0.15) is 0 Å². The van der Waals surface area contributed by atoms with Gasteiger partial charge in [0.2, 0.25) is 0 Å². The molecule has 1 N–H and O–H groups in total. The van der Waals surface area contributed by atoms with E-state index >= 15 is 0 Å². The fraction of sp³-hybridized carbons (Fsp3) is 0.214. The number of rotatable bonds is 3. The molecule has 0 fully saturated rings. The molecule has 0 radical (unpaired) electrons. The molecule has 1 atom stereocenters. The number of hydrogen-bond acceptors (Lipinski definition) is 2. The third-order valence-electron chi connectivity index (χ3n) is 2.69. The van der Waals surface area contributed by atoms with Gasteiger partial charge >= 0.3 is 0 Å². The van der Waals surface area contributed by atoms with E-state index in [0.29, 0.717) is 6.42 Å². The molecule has 1 heterocycles. The molecule has 0 aliphatic carbocycles. The van der Waals surface area contributed by atoms with Gasteiger partial charge in [-0.3, -0.25) is 4.98 Å². The van der Waals surface area contributed by atoms with Crippen LogP contribution in [0.5, 0.6) is 0 Å². The first-order chi connectivity index (χ1) is 8.16. The lowest BCUT2D eigenvalue weighted by Gasteiger charge is -2.12. The van der Waals surface area contributed by atoms with Crippen LogP contribution in [0, 0.1) is 6.92 Å². The third kappa shape index (κ3) is 3.14. The fourth-order valence-electron chi connectivity index (χ4n) is 1.67. The third-order valence-corrected chi connectivity index (χ3v) is 3.46. The Labute approximate surface area is 109 Å². The largest absolute Gasteiger partial charge is 0.388 e. The number of pyridine rings is 1. The number of aliphatic hydroxyl groups excluding tert-OH is 1. The number of aryl methyl sites for hydroxylation is 1. The summed E-state index contributed by atoms with van der Waals surface area (Å²) in [7, 11) is 0. The van der Waals surface area contributed by atoms with E-state index in [2.05, 4.69) is 20.9 Å². The summed E-state index contributed by atoms with van der Waals surface area (Å²) in [5.41, 5.74) is 2.91. The minimum atomic E-state index is -0.512.